The van der Waals surface area contributed by atoms with E-state index in [4.69, 9.17) is 0 Å². The summed E-state index contributed by atoms with van der Waals surface area (Å²) < 4.78 is 2.40. The van der Waals surface area contributed by atoms with Crippen molar-refractivity contribution >= 4 is 17.8 Å². The highest BCUT2D eigenvalue weighted by atomic mass is 32.2. The highest BCUT2D eigenvalue weighted by Gasteiger charge is 2.06. The van der Waals surface area contributed by atoms with Gasteiger partial charge >= 0.3 is 0 Å². The number of unbranched alkanes of at least 4 members (excludes halogenated alkanes) is 7. The Morgan fingerprint density at radius 2 is 1.43 bits per heavy atom. The maximum absolute atomic E-state index is 4.64. The van der Waals surface area contributed by atoms with Crippen molar-refractivity contribution in [2.45, 2.75) is 91.9 Å². The van der Waals surface area contributed by atoms with Gasteiger partial charge in [0.2, 0.25) is 0 Å². The van der Waals surface area contributed by atoms with Crippen LogP contribution in [0, 0.1) is 0 Å². The zero-order chi connectivity index (χ0) is 15.8. The molecule has 3 heteroatoms. The van der Waals surface area contributed by atoms with Gasteiger partial charge in [-0.25, -0.2) is 0 Å². The quantitative estimate of drug-likeness (QED) is 0.161. The number of hydrogen-bond acceptors (Lipinski definition) is 2. The van der Waals surface area contributed by atoms with Gasteiger partial charge in [-0.2, -0.15) is 0 Å². The summed E-state index contributed by atoms with van der Waals surface area (Å²) in [6.07, 6.45) is 13.6. The molecule has 0 bridgehead atoms. The van der Waals surface area contributed by atoms with Crippen LogP contribution in [0.25, 0.3) is 0 Å². The van der Waals surface area contributed by atoms with Crippen molar-refractivity contribution in [1.29, 1.82) is 0 Å². The van der Waals surface area contributed by atoms with Gasteiger partial charge in [-0.3, -0.25) is 4.99 Å². The van der Waals surface area contributed by atoms with Gasteiger partial charge in [0.15, 0.2) is 0 Å². The minimum Gasteiger partial charge on any atom is -0.305 e. The molecule has 0 aliphatic heterocycles. The van der Waals surface area contributed by atoms with E-state index in [-0.39, 0.29) is 0 Å². The molecule has 126 valence electrons. The van der Waals surface area contributed by atoms with Crippen LogP contribution in [0.2, 0.25) is 0 Å². The van der Waals surface area contributed by atoms with Crippen LogP contribution in [0.3, 0.4) is 0 Å². The monoisotopic (exact) mass is 314 g/mol. The number of nitrogens with zero attached hydrogens (tertiary/aromatic N) is 2. The van der Waals surface area contributed by atoms with Gasteiger partial charge < -0.3 is 4.31 Å². The number of hydrogen-bond donors (Lipinski definition) is 0. The minimum absolute atomic E-state index is 0.963. The molecule has 0 heterocycles. The van der Waals surface area contributed by atoms with Crippen molar-refractivity contribution in [1.82, 2.24) is 4.31 Å². The van der Waals surface area contributed by atoms with Crippen molar-refractivity contribution in [2.75, 3.05) is 18.8 Å². The third kappa shape index (κ3) is 13.2. The molecular formula is C18H38N2S. The maximum Gasteiger partial charge on any atom is 0.106 e. The predicted molar refractivity (Wildman–Crippen MR) is 100 cm³/mol. The molecule has 21 heavy (non-hydrogen) atoms. The summed E-state index contributed by atoms with van der Waals surface area (Å²) in [4.78, 5) is 4.64. The molecule has 0 saturated carbocycles. The van der Waals surface area contributed by atoms with Crippen LogP contribution in [-0.2, 0) is 0 Å². The predicted octanol–water partition coefficient (Wildman–Crippen LogP) is 6.32. The average molecular weight is 315 g/mol. The second-order valence-electron chi connectivity index (χ2n) is 5.84. The Morgan fingerprint density at radius 3 is 2.00 bits per heavy atom. The number of aliphatic imine (C=N–C) groups is 1. The molecule has 0 spiro atoms. The van der Waals surface area contributed by atoms with E-state index in [9.17, 15) is 0 Å². The topological polar surface area (TPSA) is 15.6 Å². The minimum atomic E-state index is 0.963. The third-order valence-corrected chi connectivity index (χ3v) is 4.83. The van der Waals surface area contributed by atoms with Crippen LogP contribution in [0.1, 0.15) is 91.9 Å². The molecule has 0 aromatic carbocycles. The van der Waals surface area contributed by atoms with Crippen molar-refractivity contribution < 1.29 is 0 Å². The first-order valence-corrected chi connectivity index (χ1v) is 10.1. The first-order chi connectivity index (χ1) is 10.3. The van der Waals surface area contributed by atoms with Gasteiger partial charge in [-0.05, 0) is 38.1 Å². The van der Waals surface area contributed by atoms with E-state index in [0.717, 1.165) is 19.5 Å². The van der Waals surface area contributed by atoms with E-state index in [0.29, 0.717) is 0 Å². The second-order valence-corrected chi connectivity index (χ2v) is 6.95. The lowest BCUT2D eigenvalue weighted by Crippen LogP contribution is -2.23. The van der Waals surface area contributed by atoms with Gasteiger partial charge in [0.05, 0.1) is 0 Å². The Hall–Kier alpha value is -0.180. The van der Waals surface area contributed by atoms with Crippen molar-refractivity contribution in [3.63, 3.8) is 0 Å². The lowest BCUT2D eigenvalue weighted by molar-refractivity contribution is 0.584. The van der Waals surface area contributed by atoms with Gasteiger partial charge in [0.25, 0.3) is 0 Å². The lowest BCUT2D eigenvalue weighted by Gasteiger charge is -2.22. The van der Waals surface area contributed by atoms with E-state index < -0.39 is 0 Å². The van der Waals surface area contributed by atoms with Gasteiger partial charge in [0, 0.05) is 18.8 Å². The molecule has 0 aliphatic carbocycles. The second kappa shape index (κ2) is 16.2. The van der Waals surface area contributed by atoms with Crippen LogP contribution >= 0.6 is 11.9 Å². The summed E-state index contributed by atoms with van der Waals surface area (Å²) in [5.74, 6) is 2.46. The van der Waals surface area contributed by atoms with E-state index in [1.165, 1.54) is 69.4 Å². The molecule has 0 saturated heterocycles. The molecule has 0 radical (unpaired) electrons. The number of rotatable bonds is 14. The molecular weight excluding hydrogens is 276 g/mol. The smallest absolute Gasteiger partial charge is 0.106 e. The summed E-state index contributed by atoms with van der Waals surface area (Å²) in [6.45, 7) is 11.0. The van der Waals surface area contributed by atoms with E-state index >= 15 is 0 Å². The van der Waals surface area contributed by atoms with Crippen LogP contribution in [0.4, 0.5) is 0 Å². The molecule has 0 rings (SSSR count). The fourth-order valence-corrected chi connectivity index (χ4v) is 3.40. The summed E-state index contributed by atoms with van der Waals surface area (Å²) in [6, 6.07) is 0. The molecule has 2 nitrogen and oxygen atoms in total. The van der Waals surface area contributed by atoms with Gasteiger partial charge in [-0.15, -0.1) is 0 Å². The zero-order valence-corrected chi connectivity index (χ0v) is 15.8. The van der Waals surface area contributed by atoms with E-state index in [2.05, 4.69) is 37.0 Å². The normalized spacial score (nSPS) is 11.9. The third-order valence-electron chi connectivity index (χ3n) is 3.60. The molecule has 0 amide bonds. The van der Waals surface area contributed by atoms with Gasteiger partial charge in [-0.1, -0.05) is 65.7 Å². The molecule has 0 fully saturated rings. The van der Waals surface area contributed by atoms with Crippen LogP contribution < -0.4 is 0 Å². The first-order valence-electron chi connectivity index (χ1n) is 9.17. The summed E-state index contributed by atoms with van der Waals surface area (Å²) in [5.41, 5.74) is 0. The Labute approximate surface area is 138 Å². The average Bonchev–Trinajstić information content (AvgIpc) is 2.49. The highest BCUT2D eigenvalue weighted by molar-refractivity contribution is 7.97. The van der Waals surface area contributed by atoms with E-state index in [1.807, 2.05) is 11.9 Å². The van der Waals surface area contributed by atoms with Crippen molar-refractivity contribution in [3.8, 4) is 0 Å². The van der Waals surface area contributed by atoms with Crippen LogP contribution in [0.15, 0.2) is 4.99 Å². The SMILES string of the molecule is CCCCCCCCCCSN(CCC)C(C)=NCCC. The Morgan fingerprint density at radius 1 is 0.810 bits per heavy atom. The standard InChI is InChI=1S/C18H38N2S/c1-5-8-9-10-11-12-13-14-17-21-20(16-7-3)18(4)19-15-6-2/h5-17H2,1-4H3. The molecule has 0 N–H and O–H groups in total. The Kier molecular flexibility index (Phi) is 16.1. The lowest BCUT2D eigenvalue weighted by atomic mass is 10.1. The first kappa shape index (κ1) is 20.8. The largest absolute Gasteiger partial charge is 0.305 e. The fraction of sp³-hybridized carbons (Fsp3) is 0.944. The van der Waals surface area contributed by atoms with Gasteiger partial charge in [0.1, 0.15) is 5.84 Å². The molecule has 0 aliphatic rings. The Bertz CT molecular complexity index is 241. The fourth-order valence-electron chi connectivity index (χ4n) is 2.29. The summed E-state index contributed by atoms with van der Waals surface area (Å²) in [7, 11) is 0. The molecule has 0 aromatic rings. The Balaban J connectivity index is 3.65. The molecule has 0 aromatic heterocycles. The molecule has 0 atom stereocenters. The van der Waals surface area contributed by atoms with Crippen molar-refractivity contribution in [2.24, 2.45) is 4.99 Å². The zero-order valence-electron chi connectivity index (χ0n) is 15.0. The highest BCUT2D eigenvalue weighted by Crippen LogP contribution is 2.16. The maximum atomic E-state index is 4.64. The van der Waals surface area contributed by atoms with Crippen molar-refractivity contribution in [3.05, 3.63) is 0 Å². The number of amidine groups is 1. The molecule has 0 unspecified atom stereocenters. The van der Waals surface area contributed by atoms with E-state index in [1.54, 1.807) is 0 Å². The van der Waals surface area contributed by atoms with Crippen LogP contribution in [-0.4, -0.2) is 29.0 Å². The summed E-state index contributed by atoms with van der Waals surface area (Å²) >= 11 is 1.98. The van der Waals surface area contributed by atoms with Crippen LogP contribution in [0.5, 0.6) is 0 Å². The summed E-state index contributed by atoms with van der Waals surface area (Å²) in [5, 5.41) is 0.